The van der Waals surface area contributed by atoms with Crippen LogP contribution in [0.5, 0.6) is 5.75 Å². The molecule has 1 aliphatic heterocycles. The van der Waals surface area contributed by atoms with Gasteiger partial charge < -0.3 is 10.4 Å². The summed E-state index contributed by atoms with van der Waals surface area (Å²) < 4.78 is 0. The van der Waals surface area contributed by atoms with Crippen LogP contribution in [0.3, 0.4) is 0 Å². The van der Waals surface area contributed by atoms with Crippen molar-refractivity contribution in [1.29, 1.82) is 0 Å². The predicted molar refractivity (Wildman–Crippen MR) is 96.7 cm³/mol. The first kappa shape index (κ1) is 16.7. The summed E-state index contributed by atoms with van der Waals surface area (Å²) in [6, 6.07) is 11.1. The maximum Gasteiger partial charge on any atom is 0.270 e. The number of hydrogen-bond donors (Lipinski definition) is 2. The molecule has 0 atom stereocenters. The zero-order chi connectivity index (χ0) is 18.0. The van der Waals surface area contributed by atoms with Crippen molar-refractivity contribution in [3.8, 4) is 5.75 Å². The molecule has 0 spiro atoms. The average molecular weight is 355 g/mol. The van der Waals surface area contributed by atoms with E-state index in [1.165, 1.54) is 18.2 Å². The van der Waals surface area contributed by atoms with Gasteiger partial charge in [-0.15, -0.1) is 0 Å². The van der Waals surface area contributed by atoms with Crippen molar-refractivity contribution in [3.63, 3.8) is 0 Å². The van der Waals surface area contributed by atoms with E-state index in [2.05, 4.69) is 10.3 Å². The van der Waals surface area contributed by atoms with Gasteiger partial charge in [0.1, 0.15) is 11.4 Å². The molecule has 0 aromatic heterocycles. The number of nitro groups is 1. The number of benzene rings is 2. The summed E-state index contributed by atoms with van der Waals surface area (Å²) in [7, 11) is 0. The van der Waals surface area contributed by atoms with Gasteiger partial charge in [-0.25, -0.2) is 4.99 Å². The first-order valence-electron chi connectivity index (χ1n) is 7.26. The molecule has 0 radical (unpaired) electrons. The van der Waals surface area contributed by atoms with Crippen molar-refractivity contribution < 1.29 is 14.8 Å². The van der Waals surface area contributed by atoms with Crippen LogP contribution in [0, 0.1) is 17.0 Å². The summed E-state index contributed by atoms with van der Waals surface area (Å²) in [5, 5.41) is 23.7. The number of nitro benzene ring substituents is 1. The monoisotopic (exact) mass is 355 g/mol. The van der Waals surface area contributed by atoms with Crippen molar-refractivity contribution >= 4 is 40.3 Å². The lowest BCUT2D eigenvalue weighted by molar-refractivity contribution is -0.384. The standard InChI is InChI=1S/C17H13N3O4S/c1-10-4-2-7-13(21)15(10)18-17-19-16(22)14(25-17)9-11-5-3-6-12(8-11)20(23)24/h2-9,21H,1H3,(H,18,19,22)/b14-9-. The average Bonchev–Trinajstić information content (AvgIpc) is 2.91. The minimum atomic E-state index is -0.488. The molecule has 126 valence electrons. The lowest BCUT2D eigenvalue weighted by Gasteiger charge is -2.03. The number of amides is 1. The fraction of sp³-hybridized carbons (Fsp3) is 0.0588. The van der Waals surface area contributed by atoms with E-state index in [-0.39, 0.29) is 17.3 Å². The van der Waals surface area contributed by atoms with Crippen LogP contribution in [0.15, 0.2) is 52.4 Å². The minimum Gasteiger partial charge on any atom is -0.506 e. The molecule has 1 amide bonds. The number of hydrogen-bond acceptors (Lipinski definition) is 6. The Morgan fingerprint density at radius 3 is 2.76 bits per heavy atom. The van der Waals surface area contributed by atoms with E-state index >= 15 is 0 Å². The predicted octanol–water partition coefficient (Wildman–Crippen LogP) is 3.50. The minimum absolute atomic E-state index is 0.0264. The third kappa shape index (κ3) is 3.69. The number of aliphatic imine (C=N–C) groups is 1. The Labute approximate surface area is 147 Å². The zero-order valence-electron chi connectivity index (χ0n) is 13.1. The van der Waals surface area contributed by atoms with Crippen LogP contribution in [-0.4, -0.2) is 21.1 Å². The summed E-state index contributed by atoms with van der Waals surface area (Å²) in [5.41, 5.74) is 1.67. The van der Waals surface area contributed by atoms with Gasteiger partial charge in [0.05, 0.1) is 9.83 Å². The summed E-state index contributed by atoms with van der Waals surface area (Å²) >= 11 is 1.11. The van der Waals surface area contributed by atoms with Crippen LogP contribution in [-0.2, 0) is 4.79 Å². The smallest absolute Gasteiger partial charge is 0.270 e. The van der Waals surface area contributed by atoms with Gasteiger partial charge in [0.25, 0.3) is 11.6 Å². The summed E-state index contributed by atoms with van der Waals surface area (Å²) in [6.07, 6.45) is 1.56. The molecule has 8 heteroatoms. The topological polar surface area (TPSA) is 105 Å². The highest BCUT2D eigenvalue weighted by atomic mass is 32.2. The van der Waals surface area contributed by atoms with E-state index in [0.29, 0.717) is 21.3 Å². The highest BCUT2D eigenvalue weighted by Crippen LogP contribution is 2.33. The van der Waals surface area contributed by atoms with Crippen molar-refractivity contribution in [2.45, 2.75) is 6.92 Å². The van der Waals surface area contributed by atoms with Crippen molar-refractivity contribution in [1.82, 2.24) is 5.32 Å². The van der Waals surface area contributed by atoms with Gasteiger partial charge >= 0.3 is 0 Å². The molecular weight excluding hydrogens is 342 g/mol. The molecule has 3 rings (SSSR count). The number of aryl methyl sites for hydroxylation is 1. The number of rotatable bonds is 3. The largest absolute Gasteiger partial charge is 0.506 e. The molecule has 1 saturated heterocycles. The molecule has 0 bridgehead atoms. The first-order chi connectivity index (χ1) is 11.9. The molecule has 1 heterocycles. The highest BCUT2D eigenvalue weighted by molar-refractivity contribution is 8.18. The second kappa shape index (κ2) is 6.78. The Balaban J connectivity index is 1.89. The SMILES string of the molecule is Cc1cccc(O)c1N=C1NC(=O)/C(=C/c2cccc([N+](=O)[O-])c2)S1. The molecule has 7 nitrogen and oxygen atoms in total. The number of phenolic OH excluding ortho intramolecular Hbond substituents is 1. The maximum atomic E-state index is 12.1. The van der Waals surface area contributed by atoms with Crippen LogP contribution in [0.4, 0.5) is 11.4 Å². The van der Waals surface area contributed by atoms with Crippen LogP contribution in [0.2, 0.25) is 0 Å². The molecule has 0 aliphatic carbocycles. The zero-order valence-corrected chi connectivity index (χ0v) is 13.9. The normalized spacial score (nSPS) is 17.1. The van der Waals surface area contributed by atoms with Crippen LogP contribution < -0.4 is 5.32 Å². The number of amidine groups is 1. The van der Waals surface area contributed by atoms with Crippen LogP contribution in [0.1, 0.15) is 11.1 Å². The van der Waals surface area contributed by atoms with E-state index in [9.17, 15) is 20.0 Å². The van der Waals surface area contributed by atoms with Crippen LogP contribution in [0.25, 0.3) is 6.08 Å². The Morgan fingerprint density at radius 2 is 2.04 bits per heavy atom. The number of nitrogens with zero attached hydrogens (tertiary/aromatic N) is 2. The van der Waals surface area contributed by atoms with Gasteiger partial charge in [0.2, 0.25) is 0 Å². The molecular formula is C17H13N3O4S. The molecule has 1 aliphatic rings. The van der Waals surface area contributed by atoms with Gasteiger partial charge in [0, 0.05) is 12.1 Å². The number of carbonyl (C=O) groups is 1. The number of para-hydroxylation sites is 1. The van der Waals surface area contributed by atoms with Crippen molar-refractivity contribution in [2.24, 2.45) is 4.99 Å². The number of thioether (sulfide) groups is 1. The van der Waals surface area contributed by atoms with Gasteiger partial charge in [-0.2, -0.15) is 0 Å². The quantitative estimate of drug-likeness (QED) is 0.498. The number of aromatic hydroxyl groups is 1. The fourth-order valence-electron chi connectivity index (χ4n) is 2.25. The molecule has 2 aromatic rings. The van der Waals surface area contributed by atoms with E-state index in [1.807, 2.05) is 0 Å². The van der Waals surface area contributed by atoms with Crippen molar-refractivity contribution in [2.75, 3.05) is 0 Å². The lowest BCUT2D eigenvalue weighted by Crippen LogP contribution is -2.19. The molecule has 25 heavy (non-hydrogen) atoms. The molecule has 0 unspecified atom stereocenters. The van der Waals surface area contributed by atoms with E-state index in [0.717, 1.165) is 17.3 Å². The Hall–Kier alpha value is -3.13. The first-order valence-corrected chi connectivity index (χ1v) is 8.08. The van der Waals surface area contributed by atoms with Gasteiger partial charge in [-0.3, -0.25) is 14.9 Å². The maximum absolute atomic E-state index is 12.1. The lowest BCUT2D eigenvalue weighted by atomic mass is 10.2. The van der Waals surface area contributed by atoms with E-state index < -0.39 is 4.92 Å². The molecule has 2 N–H and O–H groups in total. The van der Waals surface area contributed by atoms with E-state index in [1.54, 1.807) is 37.3 Å². The fourth-order valence-corrected chi connectivity index (χ4v) is 3.08. The van der Waals surface area contributed by atoms with Gasteiger partial charge in [-0.05, 0) is 42.0 Å². The second-order valence-electron chi connectivity index (χ2n) is 5.28. The van der Waals surface area contributed by atoms with Gasteiger partial charge in [-0.1, -0.05) is 24.3 Å². The summed E-state index contributed by atoms with van der Waals surface area (Å²) in [4.78, 5) is 27.1. The summed E-state index contributed by atoms with van der Waals surface area (Å²) in [5.74, 6) is -0.318. The van der Waals surface area contributed by atoms with Crippen LogP contribution >= 0.6 is 11.8 Å². The number of carbonyl (C=O) groups excluding carboxylic acids is 1. The van der Waals surface area contributed by atoms with Gasteiger partial charge in [0.15, 0.2) is 5.17 Å². The molecule has 1 fully saturated rings. The number of phenols is 1. The molecule has 2 aromatic carbocycles. The third-order valence-corrected chi connectivity index (χ3v) is 4.37. The summed E-state index contributed by atoms with van der Waals surface area (Å²) in [6.45, 7) is 1.81. The Bertz CT molecular complexity index is 917. The highest BCUT2D eigenvalue weighted by Gasteiger charge is 2.24. The molecule has 0 saturated carbocycles. The Kier molecular flexibility index (Phi) is 4.53. The Morgan fingerprint density at radius 1 is 1.28 bits per heavy atom. The number of non-ortho nitro benzene ring substituents is 1. The number of nitrogens with one attached hydrogen (secondary N) is 1. The second-order valence-corrected chi connectivity index (χ2v) is 6.31. The van der Waals surface area contributed by atoms with Crippen molar-refractivity contribution in [3.05, 3.63) is 68.6 Å². The third-order valence-electron chi connectivity index (χ3n) is 3.46. The van der Waals surface area contributed by atoms with E-state index in [4.69, 9.17) is 0 Å².